The summed E-state index contributed by atoms with van der Waals surface area (Å²) in [4.78, 5) is 32.6. The number of thiophene rings is 1. The summed E-state index contributed by atoms with van der Waals surface area (Å²) < 4.78 is 7.48. The van der Waals surface area contributed by atoms with Crippen molar-refractivity contribution in [2.75, 3.05) is 0 Å². The largest absolute Gasteiger partial charge is 0.489 e. The van der Waals surface area contributed by atoms with Gasteiger partial charge in [0.15, 0.2) is 0 Å². The van der Waals surface area contributed by atoms with Gasteiger partial charge in [-0.05, 0) is 61.4 Å². The average molecular weight is 510 g/mol. The lowest BCUT2D eigenvalue weighted by Gasteiger charge is -2.20. The number of rotatable bonds is 5. The number of carbonyl (C=O) groups excluding carboxylic acids is 2. The lowest BCUT2D eigenvalue weighted by molar-refractivity contribution is -0.143. The molecule has 2 unspecified atom stereocenters. The lowest BCUT2D eigenvalue weighted by atomic mass is 10.0. The van der Waals surface area contributed by atoms with E-state index in [1.54, 1.807) is 17.5 Å². The van der Waals surface area contributed by atoms with Crippen molar-refractivity contribution in [1.29, 1.82) is 0 Å². The highest BCUT2D eigenvalue weighted by molar-refractivity contribution is 7.19. The number of aryl methyl sites for hydroxylation is 1. The van der Waals surface area contributed by atoms with Crippen LogP contribution in [0.1, 0.15) is 43.6 Å². The number of benzene rings is 1. The molecule has 182 valence electrons. The van der Waals surface area contributed by atoms with Crippen molar-refractivity contribution >= 4 is 45.0 Å². The standard InChI is InChI=1S/C27H28ClN3O3S/c1-13-8-14(28)9-19(23(13)34-16-5-4-15(29)10-16)18-6-7-30-20-11-17(35-24(18)20)12-31-25(32)21-22(26(31)33)27(21,2)3/h6-9,11,15-16,21-22H,4-5,10,12,29H2,1-3H3/t15-,16-,21?,22?/m0/s1. The first-order chi connectivity index (χ1) is 16.6. The van der Waals surface area contributed by atoms with Crippen LogP contribution >= 0.6 is 22.9 Å². The smallest absolute Gasteiger partial charge is 0.234 e. The van der Waals surface area contributed by atoms with Gasteiger partial charge in [0, 0.05) is 33.3 Å². The molecule has 3 aliphatic rings. The molecule has 2 amide bonds. The van der Waals surface area contributed by atoms with Gasteiger partial charge in [0.1, 0.15) is 11.9 Å². The van der Waals surface area contributed by atoms with Crippen molar-refractivity contribution < 1.29 is 14.3 Å². The molecule has 0 spiro atoms. The molecule has 6 rings (SSSR count). The van der Waals surface area contributed by atoms with Crippen LogP contribution in [0.15, 0.2) is 30.5 Å². The van der Waals surface area contributed by atoms with Gasteiger partial charge < -0.3 is 10.5 Å². The summed E-state index contributed by atoms with van der Waals surface area (Å²) in [6.45, 7) is 6.29. The van der Waals surface area contributed by atoms with E-state index in [9.17, 15) is 9.59 Å². The summed E-state index contributed by atoms with van der Waals surface area (Å²) in [5, 5.41) is 0.643. The normalized spacial score (nSPS) is 27.1. The zero-order valence-corrected chi connectivity index (χ0v) is 21.6. The third kappa shape index (κ3) is 3.67. The number of nitrogens with zero attached hydrogens (tertiary/aromatic N) is 2. The summed E-state index contributed by atoms with van der Waals surface area (Å²) in [6.07, 6.45) is 4.61. The van der Waals surface area contributed by atoms with E-state index in [2.05, 4.69) is 4.98 Å². The van der Waals surface area contributed by atoms with Crippen LogP contribution < -0.4 is 10.5 Å². The van der Waals surface area contributed by atoms with Gasteiger partial charge in [-0.25, -0.2) is 0 Å². The molecule has 3 aromatic rings. The first kappa shape index (κ1) is 23.0. The second-order valence-electron chi connectivity index (χ2n) is 10.7. The van der Waals surface area contributed by atoms with Crippen LogP contribution in [-0.4, -0.2) is 33.8 Å². The minimum atomic E-state index is -0.205. The van der Waals surface area contributed by atoms with Gasteiger partial charge >= 0.3 is 0 Å². The van der Waals surface area contributed by atoms with Crippen LogP contribution in [0.3, 0.4) is 0 Å². The Hall–Kier alpha value is -2.48. The molecule has 2 N–H and O–H groups in total. The molecule has 35 heavy (non-hydrogen) atoms. The Labute approximate surface area is 213 Å². The van der Waals surface area contributed by atoms with Gasteiger partial charge in [-0.15, -0.1) is 11.3 Å². The molecular formula is C27H28ClN3O3S. The summed E-state index contributed by atoms with van der Waals surface area (Å²) in [5.41, 5.74) is 9.63. The van der Waals surface area contributed by atoms with Crippen molar-refractivity contribution in [3.8, 4) is 16.9 Å². The fourth-order valence-electron chi connectivity index (χ4n) is 5.93. The van der Waals surface area contributed by atoms with Gasteiger partial charge in [-0.1, -0.05) is 25.4 Å². The molecule has 2 aromatic heterocycles. The van der Waals surface area contributed by atoms with Gasteiger partial charge in [0.2, 0.25) is 11.8 Å². The first-order valence-electron chi connectivity index (χ1n) is 12.1. The number of imide groups is 1. The molecule has 1 aliphatic heterocycles. The summed E-state index contributed by atoms with van der Waals surface area (Å²) in [7, 11) is 0. The minimum absolute atomic E-state index is 0.0495. The average Bonchev–Trinajstić information content (AvgIpc) is 3.16. The zero-order chi connectivity index (χ0) is 24.6. The topological polar surface area (TPSA) is 85.5 Å². The lowest BCUT2D eigenvalue weighted by Crippen LogP contribution is -2.35. The highest BCUT2D eigenvalue weighted by atomic mass is 35.5. The second-order valence-corrected chi connectivity index (χ2v) is 12.3. The predicted octanol–water partition coefficient (Wildman–Crippen LogP) is 5.32. The minimum Gasteiger partial charge on any atom is -0.489 e. The monoisotopic (exact) mass is 509 g/mol. The summed E-state index contributed by atoms with van der Waals surface area (Å²) >= 11 is 8.05. The molecule has 3 heterocycles. The van der Waals surface area contributed by atoms with Crippen molar-refractivity contribution in [2.24, 2.45) is 23.0 Å². The van der Waals surface area contributed by atoms with Gasteiger partial charge in [0.25, 0.3) is 0 Å². The highest BCUT2D eigenvalue weighted by Gasteiger charge is 2.72. The van der Waals surface area contributed by atoms with Gasteiger partial charge in [-0.2, -0.15) is 0 Å². The molecule has 0 bridgehead atoms. The van der Waals surface area contributed by atoms with Gasteiger partial charge in [0.05, 0.1) is 28.6 Å². The van der Waals surface area contributed by atoms with E-state index >= 15 is 0 Å². The van der Waals surface area contributed by atoms with Crippen LogP contribution in [0.5, 0.6) is 5.75 Å². The number of pyridine rings is 1. The Morgan fingerprint density at radius 3 is 2.60 bits per heavy atom. The van der Waals surface area contributed by atoms with E-state index in [1.807, 2.05) is 45.0 Å². The van der Waals surface area contributed by atoms with Crippen molar-refractivity contribution in [1.82, 2.24) is 9.88 Å². The summed E-state index contributed by atoms with van der Waals surface area (Å²) in [5.74, 6) is 0.383. The van der Waals surface area contributed by atoms with E-state index in [4.69, 9.17) is 22.1 Å². The molecule has 1 saturated heterocycles. The quantitative estimate of drug-likeness (QED) is 0.470. The molecule has 2 aliphatic carbocycles. The van der Waals surface area contributed by atoms with E-state index in [-0.39, 0.29) is 41.2 Å². The number of piperidine rings is 1. The molecule has 0 radical (unpaired) electrons. The van der Waals surface area contributed by atoms with E-state index in [1.165, 1.54) is 4.90 Å². The van der Waals surface area contributed by atoms with Crippen LogP contribution in [0, 0.1) is 24.2 Å². The van der Waals surface area contributed by atoms with E-state index < -0.39 is 0 Å². The number of ether oxygens (including phenoxy) is 1. The molecule has 4 atom stereocenters. The number of carbonyl (C=O) groups is 2. The molecule has 3 fully saturated rings. The second kappa shape index (κ2) is 8.02. The molecule has 2 saturated carbocycles. The Morgan fingerprint density at radius 2 is 1.91 bits per heavy atom. The van der Waals surface area contributed by atoms with Crippen molar-refractivity contribution in [2.45, 2.75) is 58.7 Å². The Balaban J connectivity index is 1.35. The number of likely N-dealkylation sites (tertiary alicyclic amines) is 1. The van der Waals surface area contributed by atoms with E-state index in [0.29, 0.717) is 11.6 Å². The third-order valence-electron chi connectivity index (χ3n) is 7.91. The number of hydrogen-bond donors (Lipinski definition) is 1. The molecule has 6 nitrogen and oxygen atoms in total. The fraction of sp³-hybridized carbons (Fsp3) is 0.444. The fourth-order valence-corrected chi connectivity index (χ4v) is 7.33. The maximum absolute atomic E-state index is 12.8. The Bertz CT molecular complexity index is 1360. The molecular weight excluding hydrogens is 482 g/mol. The number of halogens is 1. The SMILES string of the molecule is Cc1cc(Cl)cc(-c2ccnc3cc(CN4C(=O)C5C(C4=O)C5(C)C)sc23)c1O[C@H]1CC[C@H](N)C1. The van der Waals surface area contributed by atoms with E-state index in [0.717, 1.165) is 56.8 Å². The predicted molar refractivity (Wildman–Crippen MR) is 137 cm³/mol. The zero-order valence-electron chi connectivity index (χ0n) is 20.0. The number of hydrogen-bond acceptors (Lipinski definition) is 6. The number of nitrogens with two attached hydrogens (primary N) is 1. The van der Waals surface area contributed by atoms with Gasteiger partial charge in [-0.3, -0.25) is 19.5 Å². The molecule has 8 heteroatoms. The maximum Gasteiger partial charge on any atom is 0.234 e. The first-order valence-corrected chi connectivity index (χ1v) is 13.3. The summed E-state index contributed by atoms with van der Waals surface area (Å²) in [6, 6.07) is 8.00. The van der Waals surface area contributed by atoms with Crippen LogP contribution in [-0.2, 0) is 16.1 Å². The van der Waals surface area contributed by atoms with Crippen molar-refractivity contribution in [3.05, 3.63) is 45.9 Å². The Morgan fingerprint density at radius 1 is 1.17 bits per heavy atom. The van der Waals surface area contributed by atoms with Crippen molar-refractivity contribution in [3.63, 3.8) is 0 Å². The van der Waals surface area contributed by atoms with Crippen LogP contribution in [0.4, 0.5) is 0 Å². The number of amides is 2. The maximum atomic E-state index is 12.8. The highest BCUT2D eigenvalue weighted by Crippen LogP contribution is 2.63. The Kier molecular flexibility index (Phi) is 5.26. The number of fused-ring (bicyclic) bond motifs is 2. The number of aromatic nitrogens is 1. The molecule has 1 aromatic carbocycles. The third-order valence-corrected chi connectivity index (χ3v) is 9.27. The van der Waals surface area contributed by atoms with Crippen LogP contribution in [0.25, 0.3) is 21.3 Å². The van der Waals surface area contributed by atoms with Crippen LogP contribution in [0.2, 0.25) is 5.02 Å².